The molecule has 4 atom stereocenters. The third-order valence-corrected chi connectivity index (χ3v) is 7.46. The molecule has 2 aromatic carbocycles. The van der Waals surface area contributed by atoms with Crippen molar-refractivity contribution < 1.29 is 34.2 Å². The van der Waals surface area contributed by atoms with Gasteiger partial charge in [0, 0.05) is 42.9 Å². The fourth-order valence-electron chi connectivity index (χ4n) is 5.23. The zero-order valence-electron chi connectivity index (χ0n) is 23.0. The molecule has 0 spiro atoms. The molecule has 0 bridgehead atoms. The van der Waals surface area contributed by atoms with Crippen molar-refractivity contribution in [2.24, 2.45) is 5.73 Å². The number of carbonyl (C=O) groups is 5. The number of aliphatic carboxylic acids is 2. The van der Waals surface area contributed by atoms with Crippen molar-refractivity contribution in [2.45, 2.75) is 62.7 Å². The molecule has 0 radical (unpaired) electrons. The van der Waals surface area contributed by atoms with Gasteiger partial charge in [0.15, 0.2) is 0 Å². The molecule has 2 heterocycles. The summed E-state index contributed by atoms with van der Waals surface area (Å²) < 4.78 is 0. The van der Waals surface area contributed by atoms with Crippen molar-refractivity contribution in [1.29, 1.82) is 0 Å². The number of carboxylic acid groups (broad SMARTS) is 2. The average molecular weight is 578 g/mol. The van der Waals surface area contributed by atoms with Gasteiger partial charge in [-0.3, -0.25) is 19.2 Å². The summed E-state index contributed by atoms with van der Waals surface area (Å²) >= 11 is 0. The van der Waals surface area contributed by atoms with Gasteiger partial charge in [0.1, 0.15) is 18.1 Å². The minimum absolute atomic E-state index is 0.0829. The first-order valence-corrected chi connectivity index (χ1v) is 13.8. The number of aromatic amines is 1. The fourth-order valence-corrected chi connectivity index (χ4v) is 5.23. The summed E-state index contributed by atoms with van der Waals surface area (Å²) in [5.74, 6) is -4.08. The number of hydrogen-bond donors (Lipinski definition) is 6. The Bertz CT molecular complexity index is 1440. The van der Waals surface area contributed by atoms with Crippen molar-refractivity contribution in [2.75, 3.05) is 6.54 Å². The average Bonchev–Trinajstić information content (AvgIpc) is 3.63. The maximum atomic E-state index is 13.8. The number of hydrogen-bond acceptors (Lipinski definition) is 6. The Morgan fingerprint density at radius 2 is 1.62 bits per heavy atom. The highest BCUT2D eigenvalue weighted by Gasteiger charge is 2.38. The number of fused-ring (bicyclic) bond motifs is 1. The number of nitrogens with two attached hydrogens (primary N) is 1. The van der Waals surface area contributed by atoms with Gasteiger partial charge >= 0.3 is 11.9 Å². The third-order valence-electron chi connectivity index (χ3n) is 7.46. The third kappa shape index (κ3) is 7.52. The van der Waals surface area contributed by atoms with Gasteiger partial charge in [-0.05, 0) is 36.5 Å². The van der Waals surface area contributed by atoms with Gasteiger partial charge in [-0.2, -0.15) is 0 Å². The first-order chi connectivity index (χ1) is 20.1. The quantitative estimate of drug-likeness (QED) is 0.174. The zero-order chi connectivity index (χ0) is 30.2. The van der Waals surface area contributed by atoms with Gasteiger partial charge < -0.3 is 36.5 Å². The van der Waals surface area contributed by atoms with Crippen LogP contribution in [0.5, 0.6) is 0 Å². The summed E-state index contributed by atoms with van der Waals surface area (Å²) in [6.07, 6.45) is 2.33. The molecule has 1 saturated heterocycles. The summed E-state index contributed by atoms with van der Waals surface area (Å²) in [4.78, 5) is 67.6. The molecular formula is C30H35N5O7. The highest BCUT2D eigenvalue weighted by atomic mass is 16.4. The summed E-state index contributed by atoms with van der Waals surface area (Å²) in [7, 11) is 0. The molecule has 1 aliphatic rings. The number of rotatable bonds is 13. The number of aromatic nitrogens is 1. The molecule has 0 aliphatic carbocycles. The standard InChI is InChI=1S/C30H35N5O7/c31-21(12-13-26(36)37)27(38)33-23(15-18-7-2-1-3-8-18)28(39)34-24(29(40)35-14-6-11-25(35)30(41)42)16-19-17-32-22-10-5-4-9-20(19)22/h1-5,7-10,17,21,23-25,32H,6,11-16,31H2,(H,33,38)(H,34,39)(H,36,37)(H,41,42). The van der Waals surface area contributed by atoms with Crippen LogP contribution in [0.15, 0.2) is 60.8 Å². The lowest BCUT2D eigenvalue weighted by molar-refractivity contribution is -0.149. The Labute approximate surface area is 242 Å². The van der Waals surface area contributed by atoms with Crippen LogP contribution in [0.1, 0.15) is 36.8 Å². The van der Waals surface area contributed by atoms with Crippen LogP contribution in [0.25, 0.3) is 10.9 Å². The van der Waals surface area contributed by atoms with Gasteiger partial charge in [-0.25, -0.2) is 4.79 Å². The predicted octanol–water partition coefficient (Wildman–Crippen LogP) is 1.19. The van der Waals surface area contributed by atoms with Crippen LogP contribution < -0.4 is 16.4 Å². The first kappa shape index (κ1) is 30.3. The van der Waals surface area contributed by atoms with E-state index in [1.54, 1.807) is 30.5 Å². The molecule has 3 aromatic rings. The second-order valence-corrected chi connectivity index (χ2v) is 10.4. The predicted molar refractivity (Wildman–Crippen MR) is 153 cm³/mol. The van der Waals surface area contributed by atoms with Crippen molar-refractivity contribution in [3.8, 4) is 0 Å². The summed E-state index contributed by atoms with van der Waals surface area (Å²) in [5.41, 5.74) is 8.24. The van der Waals surface area contributed by atoms with Crippen LogP contribution in [0.3, 0.4) is 0 Å². The number of benzene rings is 2. The van der Waals surface area contributed by atoms with Crippen molar-refractivity contribution in [1.82, 2.24) is 20.5 Å². The van der Waals surface area contributed by atoms with Crippen molar-refractivity contribution in [3.63, 3.8) is 0 Å². The minimum Gasteiger partial charge on any atom is -0.481 e. The number of amides is 3. The molecule has 1 fully saturated rings. The summed E-state index contributed by atoms with van der Waals surface area (Å²) in [5, 5.41) is 24.9. The second-order valence-electron chi connectivity index (χ2n) is 10.4. The summed E-state index contributed by atoms with van der Waals surface area (Å²) in [6, 6.07) is 12.0. The highest BCUT2D eigenvalue weighted by molar-refractivity contribution is 5.95. The Kier molecular flexibility index (Phi) is 9.92. The van der Waals surface area contributed by atoms with Crippen LogP contribution >= 0.6 is 0 Å². The number of likely N-dealkylation sites (tertiary alicyclic amines) is 1. The Morgan fingerprint density at radius 1 is 0.929 bits per heavy atom. The number of nitrogens with zero attached hydrogens (tertiary/aromatic N) is 1. The molecule has 3 amide bonds. The molecule has 12 nitrogen and oxygen atoms in total. The zero-order valence-corrected chi connectivity index (χ0v) is 23.0. The second kappa shape index (κ2) is 13.8. The van der Waals surface area contributed by atoms with E-state index in [4.69, 9.17) is 10.8 Å². The van der Waals surface area contributed by atoms with E-state index in [9.17, 15) is 29.1 Å². The lowest BCUT2D eigenvalue weighted by atomic mass is 10.0. The largest absolute Gasteiger partial charge is 0.481 e. The smallest absolute Gasteiger partial charge is 0.326 e. The number of nitrogens with one attached hydrogen (secondary N) is 3. The topological polar surface area (TPSA) is 195 Å². The molecule has 12 heteroatoms. The van der Waals surface area contributed by atoms with Crippen LogP contribution in [-0.2, 0) is 36.8 Å². The molecule has 0 saturated carbocycles. The number of carboxylic acids is 2. The normalized spacial score (nSPS) is 16.9. The van der Waals surface area contributed by atoms with E-state index in [1.807, 2.05) is 30.3 Å². The van der Waals surface area contributed by atoms with E-state index in [0.29, 0.717) is 12.8 Å². The maximum Gasteiger partial charge on any atom is 0.326 e. The van der Waals surface area contributed by atoms with E-state index >= 15 is 0 Å². The van der Waals surface area contributed by atoms with Gasteiger partial charge in [-0.1, -0.05) is 48.5 Å². The van der Waals surface area contributed by atoms with E-state index in [-0.39, 0.29) is 32.2 Å². The van der Waals surface area contributed by atoms with E-state index in [1.165, 1.54) is 4.90 Å². The van der Waals surface area contributed by atoms with Crippen molar-refractivity contribution >= 4 is 40.6 Å². The fraction of sp³-hybridized carbons (Fsp3) is 0.367. The molecule has 4 unspecified atom stereocenters. The molecule has 42 heavy (non-hydrogen) atoms. The molecule has 4 rings (SSSR count). The minimum atomic E-state index is -1.16. The Morgan fingerprint density at radius 3 is 2.33 bits per heavy atom. The van der Waals surface area contributed by atoms with Crippen molar-refractivity contribution in [3.05, 3.63) is 71.9 Å². The molecule has 222 valence electrons. The lowest BCUT2D eigenvalue weighted by Gasteiger charge is -2.29. The van der Waals surface area contributed by atoms with Crippen LogP contribution in [0.2, 0.25) is 0 Å². The molecule has 7 N–H and O–H groups in total. The van der Waals surface area contributed by atoms with E-state index < -0.39 is 53.8 Å². The van der Waals surface area contributed by atoms with Gasteiger partial charge in [-0.15, -0.1) is 0 Å². The molecular weight excluding hydrogens is 542 g/mol. The number of carbonyl (C=O) groups excluding carboxylic acids is 3. The first-order valence-electron chi connectivity index (χ1n) is 13.8. The maximum absolute atomic E-state index is 13.8. The lowest BCUT2D eigenvalue weighted by Crippen LogP contribution is -2.58. The van der Waals surface area contributed by atoms with Crippen LogP contribution in [-0.4, -0.2) is 80.5 Å². The molecule has 1 aliphatic heterocycles. The van der Waals surface area contributed by atoms with Gasteiger partial charge in [0.25, 0.3) is 0 Å². The Hall–Kier alpha value is -4.71. The van der Waals surface area contributed by atoms with Gasteiger partial charge in [0.05, 0.1) is 6.04 Å². The van der Waals surface area contributed by atoms with Crippen LogP contribution in [0.4, 0.5) is 0 Å². The highest BCUT2D eigenvalue weighted by Crippen LogP contribution is 2.23. The van der Waals surface area contributed by atoms with E-state index in [2.05, 4.69) is 15.6 Å². The summed E-state index contributed by atoms with van der Waals surface area (Å²) in [6.45, 7) is 0.249. The van der Waals surface area contributed by atoms with Gasteiger partial charge in [0.2, 0.25) is 17.7 Å². The van der Waals surface area contributed by atoms with E-state index in [0.717, 1.165) is 22.0 Å². The molecule has 1 aromatic heterocycles. The SMILES string of the molecule is NC(CCC(=O)O)C(=O)NC(Cc1ccccc1)C(=O)NC(Cc1c[nH]c2ccccc12)C(=O)N1CCCC1C(=O)O. The number of para-hydroxylation sites is 1. The van der Waals surface area contributed by atoms with Crippen LogP contribution in [0, 0.1) is 0 Å². The number of H-pyrrole nitrogens is 1. The monoisotopic (exact) mass is 577 g/mol. The Balaban J connectivity index is 1.60.